The summed E-state index contributed by atoms with van der Waals surface area (Å²) in [6.45, 7) is 4.46. The maximum absolute atomic E-state index is 14.2. The van der Waals surface area contributed by atoms with Gasteiger partial charge in [0.15, 0.2) is 6.79 Å². The molecular weight excluding hydrogens is 599 g/mol. The van der Waals surface area contributed by atoms with Gasteiger partial charge in [0, 0.05) is 5.92 Å². The third-order valence-electron chi connectivity index (χ3n) is 7.16. The Morgan fingerprint density at radius 1 is 1.02 bits per heavy atom. The van der Waals surface area contributed by atoms with Crippen molar-refractivity contribution < 1.29 is 42.9 Å². The van der Waals surface area contributed by atoms with Gasteiger partial charge in [-0.2, -0.15) is 0 Å². The average Bonchev–Trinajstić information content (AvgIpc) is 3.00. The van der Waals surface area contributed by atoms with Gasteiger partial charge in [-0.1, -0.05) is 24.3 Å². The van der Waals surface area contributed by atoms with Crippen LogP contribution in [0.4, 0.5) is 4.39 Å². The Kier molecular flexibility index (Phi) is 13.5. The molecule has 0 saturated heterocycles. The smallest absolute Gasteiger partial charge is 0.308 e. The molecule has 0 aliphatic carbocycles. The number of hydrogen-bond acceptors (Lipinski definition) is 10. The van der Waals surface area contributed by atoms with E-state index in [1.54, 1.807) is 51.1 Å². The van der Waals surface area contributed by atoms with Crippen LogP contribution in [0.3, 0.4) is 0 Å². The first kappa shape index (κ1) is 36.0. The molecule has 2 amide bonds. The maximum atomic E-state index is 14.2. The van der Waals surface area contributed by atoms with Crippen LogP contribution in [0.25, 0.3) is 11.0 Å². The van der Waals surface area contributed by atoms with E-state index in [1.807, 2.05) is 0 Å². The number of carbonyl (C=O) groups is 4. The molecule has 0 saturated carbocycles. The van der Waals surface area contributed by atoms with Crippen LogP contribution >= 0.6 is 0 Å². The number of ether oxygens (including phenoxy) is 3. The number of nitrogens with two attached hydrogens (primary N) is 1. The molecule has 0 bridgehead atoms. The highest BCUT2D eigenvalue weighted by atomic mass is 19.1. The van der Waals surface area contributed by atoms with Crippen molar-refractivity contribution >= 4 is 34.8 Å². The van der Waals surface area contributed by atoms with Crippen molar-refractivity contribution in [2.24, 2.45) is 11.7 Å². The van der Waals surface area contributed by atoms with Crippen molar-refractivity contribution in [1.29, 1.82) is 0 Å². The van der Waals surface area contributed by atoms with Gasteiger partial charge in [-0.3, -0.25) is 24.2 Å². The fraction of sp³-hybridized carbons (Fsp3) is 0.455. The molecule has 3 unspecified atom stereocenters. The van der Waals surface area contributed by atoms with Gasteiger partial charge in [-0.25, -0.2) is 9.37 Å². The number of carbonyl (C=O) groups excluding carboxylic acids is 4. The second-order valence-corrected chi connectivity index (χ2v) is 11.5. The van der Waals surface area contributed by atoms with Gasteiger partial charge in [-0.15, -0.1) is 0 Å². The van der Waals surface area contributed by atoms with Gasteiger partial charge >= 0.3 is 11.9 Å². The molecule has 12 nitrogen and oxygen atoms in total. The molecule has 0 aliphatic rings. The van der Waals surface area contributed by atoms with Gasteiger partial charge in [0.25, 0.3) is 5.91 Å². The van der Waals surface area contributed by atoms with Crippen LogP contribution in [0.15, 0.2) is 54.7 Å². The number of para-hydroxylation sites is 2. The Hall–Kier alpha value is -4.49. The van der Waals surface area contributed by atoms with Gasteiger partial charge in [-0.05, 0) is 76.3 Å². The molecule has 2 aromatic carbocycles. The quantitative estimate of drug-likeness (QED) is 0.138. The first-order valence-corrected chi connectivity index (χ1v) is 15.1. The molecule has 3 aromatic rings. The van der Waals surface area contributed by atoms with E-state index in [9.17, 15) is 28.7 Å². The second kappa shape index (κ2) is 17.3. The lowest BCUT2D eigenvalue weighted by Gasteiger charge is -2.31. The van der Waals surface area contributed by atoms with E-state index < -0.39 is 60.0 Å². The van der Waals surface area contributed by atoms with Gasteiger partial charge in [0.05, 0.1) is 54.4 Å². The summed E-state index contributed by atoms with van der Waals surface area (Å²) in [4.78, 5) is 58.7. The lowest BCUT2D eigenvalue weighted by Crippen LogP contribution is -2.48. The van der Waals surface area contributed by atoms with Gasteiger partial charge in [0.2, 0.25) is 5.91 Å². The zero-order chi connectivity index (χ0) is 33.7. The summed E-state index contributed by atoms with van der Waals surface area (Å²) in [5, 5.41) is 13.2. The fourth-order valence-corrected chi connectivity index (χ4v) is 4.73. The zero-order valence-electron chi connectivity index (χ0n) is 26.2. The summed E-state index contributed by atoms with van der Waals surface area (Å²) >= 11 is 0. The van der Waals surface area contributed by atoms with E-state index in [0.29, 0.717) is 16.6 Å². The molecule has 0 radical (unpaired) electrons. The van der Waals surface area contributed by atoms with E-state index in [-0.39, 0.29) is 50.8 Å². The van der Waals surface area contributed by atoms with Crippen molar-refractivity contribution in [3.8, 4) is 0 Å². The number of nitrogens with one attached hydrogen (secondary N) is 1. The fourth-order valence-electron chi connectivity index (χ4n) is 4.73. The predicted molar refractivity (Wildman–Crippen MR) is 165 cm³/mol. The molecule has 46 heavy (non-hydrogen) atoms. The Bertz CT molecular complexity index is 1500. The minimum atomic E-state index is -1.08. The Labute approximate surface area is 266 Å². The van der Waals surface area contributed by atoms with Crippen LogP contribution in [0, 0.1) is 11.7 Å². The number of fused-ring (bicyclic) bond motifs is 1. The van der Waals surface area contributed by atoms with Crippen LogP contribution in [-0.2, 0) is 35.0 Å². The number of halogens is 1. The number of amides is 2. The van der Waals surface area contributed by atoms with Crippen molar-refractivity contribution in [2.45, 2.75) is 77.0 Å². The molecule has 1 aromatic heterocycles. The first-order chi connectivity index (χ1) is 21.8. The topological polar surface area (TPSA) is 180 Å². The highest BCUT2D eigenvalue weighted by molar-refractivity contribution is 5.94. The van der Waals surface area contributed by atoms with Crippen LogP contribution < -0.4 is 11.1 Å². The van der Waals surface area contributed by atoms with Crippen molar-refractivity contribution in [2.75, 3.05) is 13.4 Å². The molecule has 1 heterocycles. The SMILES string of the molecule is CCOC(=O)CCC(=O)OCOC(CC(CCC(C)(C)O)C(N)=O)C(Cc1cccc(F)c1)NC(=O)c1cnc2ccccc2n1. The normalized spacial score (nSPS) is 13.4. The third-order valence-corrected chi connectivity index (χ3v) is 7.16. The van der Waals surface area contributed by atoms with Crippen LogP contribution in [0.2, 0.25) is 0 Å². The standard InChI is InChI=1S/C33H41FN4O8/c1-4-44-29(39)12-13-30(40)46-20-45-28(18-22(31(35)41)14-15-33(2,3)43)26(17-21-8-7-9-23(34)16-21)38-32(42)27-19-36-24-10-5-6-11-25(24)37-27/h5-11,16,19,22,26,28,43H,4,12-15,17-18,20H2,1-3H3,(H2,35,41)(H,38,42). The van der Waals surface area contributed by atoms with Crippen LogP contribution in [0.1, 0.15) is 68.9 Å². The molecule has 3 rings (SSSR count). The third kappa shape index (κ3) is 12.1. The minimum Gasteiger partial charge on any atom is -0.466 e. The summed E-state index contributed by atoms with van der Waals surface area (Å²) in [5.41, 5.74) is 6.28. The number of primary amides is 1. The second-order valence-electron chi connectivity index (χ2n) is 11.5. The minimum absolute atomic E-state index is 0.0144. The molecule has 13 heteroatoms. The highest BCUT2D eigenvalue weighted by Crippen LogP contribution is 2.24. The lowest BCUT2D eigenvalue weighted by atomic mass is 9.87. The molecule has 0 spiro atoms. The average molecular weight is 641 g/mol. The van der Waals surface area contributed by atoms with E-state index >= 15 is 0 Å². The Morgan fingerprint density at radius 2 is 1.72 bits per heavy atom. The monoisotopic (exact) mass is 640 g/mol. The van der Waals surface area contributed by atoms with E-state index in [1.165, 1.54) is 24.4 Å². The van der Waals surface area contributed by atoms with Crippen molar-refractivity contribution in [1.82, 2.24) is 15.3 Å². The number of nitrogens with zero attached hydrogens (tertiary/aromatic N) is 2. The summed E-state index contributed by atoms with van der Waals surface area (Å²) in [6.07, 6.45) is 0.386. The predicted octanol–water partition coefficient (Wildman–Crippen LogP) is 3.38. The number of aliphatic hydroxyl groups is 1. The lowest BCUT2D eigenvalue weighted by molar-refractivity contribution is -0.165. The van der Waals surface area contributed by atoms with E-state index in [0.717, 1.165) is 0 Å². The molecule has 248 valence electrons. The van der Waals surface area contributed by atoms with E-state index in [2.05, 4.69) is 15.3 Å². The number of rotatable bonds is 18. The summed E-state index contributed by atoms with van der Waals surface area (Å²) in [7, 11) is 0. The molecule has 3 atom stereocenters. The molecular formula is C33H41FN4O8. The Balaban J connectivity index is 1.89. The maximum Gasteiger partial charge on any atom is 0.308 e. The summed E-state index contributed by atoms with van der Waals surface area (Å²) in [6, 6.07) is 11.9. The number of hydrogen-bond donors (Lipinski definition) is 3. The summed E-state index contributed by atoms with van der Waals surface area (Å²) in [5.74, 6) is -3.83. The van der Waals surface area contributed by atoms with Crippen LogP contribution in [-0.4, -0.2) is 70.0 Å². The number of aromatic nitrogens is 2. The van der Waals surface area contributed by atoms with Crippen LogP contribution in [0.5, 0.6) is 0 Å². The molecule has 4 N–H and O–H groups in total. The van der Waals surface area contributed by atoms with Gasteiger partial charge < -0.3 is 30.4 Å². The van der Waals surface area contributed by atoms with Crippen molar-refractivity contribution in [3.63, 3.8) is 0 Å². The number of benzene rings is 2. The zero-order valence-corrected chi connectivity index (χ0v) is 26.2. The first-order valence-electron chi connectivity index (χ1n) is 15.1. The molecule has 0 fully saturated rings. The van der Waals surface area contributed by atoms with E-state index in [4.69, 9.17) is 19.9 Å². The number of esters is 2. The summed E-state index contributed by atoms with van der Waals surface area (Å²) < 4.78 is 30.2. The largest absolute Gasteiger partial charge is 0.466 e. The molecule has 0 aliphatic heterocycles. The van der Waals surface area contributed by atoms with Gasteiger partial charge in [0.1, 0.15) is 11.5 Å². The Morgan fingerprint density at radius 3 is 2.37 bits per heavy atom. The highest BCUT2D eigenvalue weighted by Gasteiger charge is 2.32. The van der Waals surface area contributed by atoms with Crippen molar-refractivity contribution in [3.05, 3.63) is 71.8 Å².